The quantitative estimate of drug-likeness (QED) is 0.797. The Labute approximate surface area is 94.6 Å². The first-order chi connectivity index (χ1) is 6.75. The number of nitrogens with zero attached hydrogens (tertiary/aromatic N) is 1. The highest BCUT2D eigenvalue weighted by molar-refractivity contribution is 9.10. The van der Waals surface area contributed by atoms with E-state index in [1.165, 1.54) is 11.3 Å². The third kappa shape index (κ3) is 2.40. The zero-order chi connectivity index (χ0) is 9.97. The van der Waals surface area contributed by atoms with Gasteiger partial charge in [-0.3, -0.25) is 4.79 Å². The number of hydrogen-bond donors (Lipinski definition) is 0. The summed E-state index contributed by atoms with van der Waals surface area (Å²) in [5.74, 6) is 0.0904. The summed E-state index contributed by atoms with van der Waals surface area (Å²) in [6.07, 6.45) is 2.66. The lowest BCUT2D eigenvalue weighted by molar-refractivity contribution is 0.0775. The van der Waals surface area contributed by atoms with Crippen LogP contribution in [0.25, 0.3) is 0 Å². The maximum Gasteiger partial charge on any atom is 0.194 e. The molecule has 0 amide bonds. The Morgan fingerprint density at radius 2 is 2.64 bits per heavy atom. The number of hydrogen-bond acceptors (Lipinski definition) is 4. The van der Waals surface area contributed by atoms with Crippen molar-refractivity contribution in [3.63, 3.8) is 0 Å². The first-order valence-corrected chi connectivity index (χ1v) is 6.19. The van der Waals surface area contributed by atoms with Gasteiger partial charge in [-0.15, -0.1) is 11.3 Å². The van der Waals surface area contributed by atoms with Crippen LogP contribution in [0.15, 0.2) is 9.98 Å². The molecule has 1 saturated heterocycles. The van der Waals surface area contributed by atoms with Crippen LogP contribution < -0.4 is 0 Å². The predicted molar refractivity (Wildman–Crippen MR) is 57.7 cm³/mol. The minimum Gasteiger partial charge on any atom is -0.378 e. The third-order valence-corrected chi connectivity index (χ3v) is 3.74. The molecular formula is C9H10BrNO2S. The number of rotatable bonds is 3. The van der Waals surface area contributed by atoms with E-state index in [9.17, 15) is 4.79 Å². The largest absolute Gasteiger partial charge is 0.378 e. The highest BCUT2D eigenvalue weighted by atomic mass is 79.9. The first kappa shape index (κ1) is 10.3. The Hall–Kier alpha value is -0.260. The standard InChI is InChI=1S/C9H10BrNO2S/c10-8-5-14-9(11-8)7(12)4-6-2-1-3-13-6/h5-6H,1-4H2. The second-order valence-corrected chi connectivity index (χ2v) is 4.91. The highest BCUT2D eigenvalue weighted by Crippen LogP contribution is 2.21. The molecule has 0 bridgehead atoms. The van der Waals surface area contributed by atoms with Crippen LogP contribution in [0.1, 0.15) is 29.1 Å². The topological polar surface area (TPSA) is 39.2 Å². The summed E-state index contributed by atoms with van der Waals surface area (Å²) < 4.78 is 6.13. The molecule has 1 atom stereocenters. The van der Waals surface area contributed by atoms with Crippen LogP contribution in [0.3, 0.4) is 0 Å². The summed E-state index contributed by atoms with van der Waals surface area (Å²) in [5, 5.41) is 2.40. The molecule has 3 nitrogen and oxygen atoms in total. The van der Waals surface area contributed by atoms with Crippen molar-refractivity contribution < 1.29 is 9.53 Å². The van der Waals surface area contributed by atoms with Gasteiger partial charge in [0.2, 0.25) is 0 Å². The van der Waals surface area contributed by atoms with Crippen LogP contribution in [0, 0.1) is 0 Å². The van der Waals surface area contributed by atoms with Crippen LogP contribution in [0.5, 0.6) is 0 Å². The minimum absolute atomic E-state index is 0.0904. The van der Waals surface area contributed by atoms with Gasteiger partial charge >= 0.3 is 0 Å². The Morgan fingerprint density at radius 3 is 3.21 bits per heavy atom. The van der Waals surface area contributed by atoms with E-state index in [1.807, 2.05) is 5.38 Å². The molecule has 0 aliphatic carbocycles. The monoisotopic (exact) mass is 275 g/mol. The molecule has 0 aromatic carbocycles. The van der Waals surface area contributed by atoms with Crippen molar-refractivity contribution in [1.29, 1.82) is 0 Å². The Morgan fingerprint density at radius 1 is 1.79 bits per heavy atom. The van der Waals surface area contributed by atoms with Gasteiger partial charge in [0.25, 0.3) is 0 Å². The summed E-state index contributed by atoms with van der Waals surface area (Å²) in [6.45, 7) is 0.791. The molecule has 2 heterocycles. The average molecular weight is 276 g/mol. The number of carbonyl (C=O) groups excluding carboxylic acids is 1. The van der Waals surface area contributed by atoms with Gasteiger partial charge in [0.15, 0.2) is 10.8 Å². The summed E-state index contributed by atoms with van der Waals surface area (Å²) in [4.78, 5) is 15.7. The molecular weight excluding hydrogens is 266 g/mol. The first-order valence-electron chi connectivity index (χ1n) is 4.51. The fourth-order valence-electron chi connectivity index (χ4n) is 1.48. The molecule has 1 aromatic heterocycles. The van der Waals surface area contributed by atoms with Gasteiger partial charge in [-0.2, -0.15) is 0 Å². The fourth-order valence-corrected chi connectivity index (χ4v) is 2.68. The van der Waals surface area contributed by atoms with E-state index < -0.39 is 0 Å². The molecule has 14 heavy (non-hydrogen) atoms. The van der Waals surface area contributed by atoms with E-state index in [1.54, 1.807) is 0 Å². The highest BCUT2D eigenvalue weighted by Gasteiger charge is 2.21. The molecule has 0 radical (unpaired) electrons. The van der Waals surface area contributed by atoms with Gasteiger partial charge in [0, 0.05) is 18.4 Å². The van der Waals surface area contributed by atoms with Gasteiger partial charge in [0.1, 0.15) is 4.60 Å². The van der Waals surface area contributed by atoms with Crippen LogP contribution in [-0.2, 0) is 4.74 Å². The molecule has 5 heteroatoms. The van der Waals surface area contributed by atoms with Crippen molar-refractivity contribution in [3.05, 3.63) is 15.0 Å². The Kier molecular flexibility index (Phi) is 3.30. The lowest BCUT2D eigenvalue weighted by Crippen LogP contribution is -2.12. The van der Waals surface area contributed by atoms with E-state index in [0.29, 0.717) is 11.4 Å². The summed E-state index contributed by atoms with van der Waals surface area (Å²) in [5.41, 5.74) is 0. The number of thiazole rings is 1. The van der Waals surface area contributed by atoms with Gasteiger partial charge in [-0.25, -0.2) is 4.98 Å². The van der Waals surface area contributed by atoms with E-state index in [0.717, 1.165) is 24.1 Å². The van der Waals surface area contributed by atoms with Crippen molar-refractivity contribution in [1.82, 2.24) is 4.98 Å². The number of halogens is 1. The molecule has 1 fully saturated rings. The molecule has 1 aliphatic heterocycles. The van der Waals surface area contributed by atoms with Gasteiger partial charge < -0.3 is 4.74 Å². The maximum atomic E-state index is 11.7. The van der Waals surface area contributed by atoms with Crippen LogP contribution in [-0.4, -0.2) is 23.5 Å². The zero-order valence-electron chi connectivity index (χ0n) is 7.53. The average Bonchev–Trinajstić information content (AvgIpc) is 2.75. The van der Waals surface area contributed by atoms with Gasteiger partial charge in [-0.05, 0) is 28.8 Å². The lowest BCUT2D eigenvalue weighted by atomic mass is 10.1. The molecule has 76 valence electrons. The molecule has 2 rings (SSSR count). The van der Waals surface area contributed by atoms with Crippen molar-refractivity contribution >= 4 is 33.0 Å². The summed E-state index contributed by atoms with van der Waals surface area (Å²) >= 11 is 4.61. The number of carbonyl (C=O) groups is 1. The summed E-state index contributed by atoms with van der Waals surface area (Å²) in [7, 11) is 0. The molecule has 0 N–H and O–H groups in total. The number of ketones is 1. The molecule has 1 aliphatic rings. The minimum atomic E-state index is 0.0904. The lowest BCUT2D eigenvalue weighted by Gasteiger charge is -2.05. The second kappa shape index (κ2) is 4.51. The number of aromatic nitrogens is 1. The zero-order valence-corrected chi connectivity index (χ0v) is 9.94. The molecule has 1 aromatic rings. The molecule has 0 saturated carbocycles. The normalized spacial score (nSPS) is 21.4. The molecule has 1 unspecified atom stereocenters. The van der Waals surface area contributed by atoms with Crippen molar-refractivity contribution in [2.75, 3.05) is 6.61 Å². The van der Waals surface area contributed by atoms with E-state index in [4.69, 9.17) is 4.74 Å². The SMILES string of the molecule is O=C(CC1CCCO1)c1nc(Br)cs1. The van der Waals surface area contributed by atoms with Gasteiger partial charge in [0.05, 0.1) is 6.10 Å². The van der Waals surface area contributed by atoms with Crippen LogP contribution in [0.2, 0.25) is 0 Å². The van der Waals surface area contributed by atoms with Crippen LogP contribution >= 0.6 is 27.3 Å². The van der Waals surface area contributed by atoms with Crippen LogP contribution in [0.4, 0.5) is 0 Å². The van der Waals surface area contributed by atoms with Crippen molar-refractivity contribution in [2.24, 2.45) is 0 Å². The predicted octanol–water partition coefficient (Wildman–Crippen LogP) is 2.66. The third-order valence-electron chi connectivity index (χ3n) is 2.15. The Balaban J connectivity index is 1.95. The second-order valence-electron chi connectivity index (χ2n) is 3.24. The summed E-state index contributed by atoms with van der Waals surface area (Å²) in [6, 6.07) is 0. The smallest absolute Gasteiger partial charge is 0.194 e. The van der Waals surface area contributed by atoms with E-state index in [2.05, 4.69) is 20.9 Å². The fraction of sp³-hybridized carbons (Fsp3) is 0.556. The van der Waals surface area contributed by atoms with Gasteiger partial charge in [-0.1, -0.05) is 0 Å². The van der Waals surface area contributed by atoms with E-state index in [-0.39, 0.29) is 11.9 Å². The molecule has 0 spiro atoms. The van der Waals surface area contributed by atoms with Crippen molar-refractivity contribution in [3.8, 4) is 0 Å². The van der Waals surface area contributed by atoms with Crippen molar-refractivity contribution in [2.45, 2.75) is 25.4 Å². The number of ether oxygens (including phenoxy) is 1. The maximum absolute atomic E-state index is 11.7. The van der Waals surface area contributed by atoms with E-state index >= 15 is 0 Å². The Bertz CT molecular complexity index is 333. The number of Topliss-reactive ketones (excluding diaryl/α,β-unsaturated/α-hetero) is 1.